The van der Waals surface area contributed by atoms with Crippen molar-refractivity contribution in [3.8, 4) is 0 Å². The van der Waals surface area contributed by atoms with Crippen molar-refractivity contribution in [3.05, 3.63) is 35.4 Å². The van der Waals surface area contributed by atoms with Crippen molar-refractivity contribution >= 4 is 23.7 Å². The molecular weight excluding hydrogens is 510 g/mol. The number of aliphatic hydroxyl groups excluding tert-OH is 1. The minimum Gasteiger partial charge on any atom is -0.460 e. The zero-order chi connectivity index (χ0) is 29.1. The number of carbonyl (C=O) groups is 4. The zero-order valence-electron chi connectivity index (χ0n) is 24.4. The van der Waals surface area contributed by atoms with E-state index in [-0.39, 0.29) is 42.8 Å². The minimum atomic E-state index is -0.617. The van der Waals surface area contributed by atoms with Gasteiger partial charge in [0.05, 0.1) is 0 Å². The van der Waals surface area contributed by atoms with E-state index in [1.54, 1.807) is 4.90 Å². The molecule has 0 aromatic heterocycles. The molecule has 9 nitrogen and oxygen atoms in total. The van der Waals surface area contributed by atoms with Crippen LogP contribution in [0.5, 0.6) is 0 Å². The Balaban J connectivity index is 1.49. The predicted octanol–water partition coefficient (Wildman–Crippen LogP) is 3.20. The molecule has 0 bridgehead atoms. The van der Waals surface area contributed by atoms with Crippen LogP contribution in [0.15, 0.2) is 24.3 Å². The smallest absolute Gasteiger partial charge is 0.306 e. The molecule has 3 unspecified atom stereocenters. The second-order valence-electron chi connectivity index (χ2n) is 12.0. The van der Waals surface area contributed by atoms with Crippen molar-refractivity contribution in [2.24, 2.45) is 0 Å². The Kier molecular flexibility index (Phi) is 12.0. The first kappa shape index (κ1) is 31.6. The first-order chi connectivity index (χ1) is 19.1. The maximum absolute atomic E-state index is 13.6. The van der Waals surface area contributed by atoms with Gasteiger partial charge in [-0.2, -0.15) is 0 Å². The Labute approximate surface area is 238 Å². The number of fused-ring (bicyclic) bond motifs is 1. The highest BCUT2D eigenvalue weighted by atomic mass is 16.6. The van der Waals surface area contributed by atoms with E-state index in [1.807, 2.05) is 45.0 Å². The Morgan fingerprint density at radius 3 is 2.25 bits per heavy atom. The molecule has 9 heteroatoms. The molecule has 3 amide bonds. The number of hydrogen-bond donors (Lipinski definition) is 3. The van der Waals surface area contributed by atoms with E-state index in [9.17, 15) is 19.2 Å². The van der Waals surface area contributed by atoms with E-state index in [0.29, 0.717) is 51.5 Å². The molecule has 2 heterocycles. The molecule has 2 aliphatic rings. The molecule has 1 aromatic rings. The Bertz CT molecular complexity index is 1000. The van der Waals surface area contributed by atoms with Gasteiger partial charge in [-0.3, -0.25) is 19.2 Å². The summed E-state index contributed by atoms with van der Waals surface area (Å²) >= 11 is 0. The van der Waals surface area contributed by atoms with Crippen molar-refractivity contribution in [2.75, 3.05) is 13.2 Å². The van der Waals surface area contributed by atoms with Crippen LogP contribution in [0.25, 0.3) is 0 Å². The summed E-state index contributed by atoms with van der Waals surface area (Å²) in [7, 11) is 0. The lowest BCUT2D eigenvalue weighted by Crippen LogP contribution is -2.56. The molecule has 2 fully saturated rings. The van der Waals surface area contributed by atoms with Crippen LogP contribution in [0, 0.1) is 0 Å². The number of unbranched alkanes of at least 4 members (excludes halogenated alkanes) is 1. The molecule has 3 atom stereocenters. The summed E-state index contributed by atoms with van der Waals surface area (Å²) < 4.78 is 5.36. The van der Waals surface area contributed by atoms with Crippen LogP contribution in [0.3, 0.4) is 0 Å². The first-order valence-corrected chi connectivity index (χ1v) is 14.9. The van der Waals surface area contributed by atoms with Gasteiger partial charge in [0.15, 0.2) is 0 Å². The number of ether oxygens (including phenoxy) is 1. The average molecular weight is 558 g/mol. The molecule has 0 spiro atoms. The number of aryl methyl sites for hydroxylation is 2. The standard InChI is InChI=1S/C31H47N3O6/c1-31(2,3)40-28(37)19-15-23-12-10-22(11-13-23)14-18-27(36)33-25-9-5-4-8-24-16-17-26(34(24)30(25)39)29(38)32-20-6-7-21-35/h10-13,24-26,35H,4-9,14-21H2,1-3H3,(H,32,38)(H,33,36). The van der Waals surface area contributed by atoms with Crippen LogP contribution in [0.2, 0.25) is 0 Å². The molecule has 0 aliphatic carbocycles. The molecule has 40 heavy (non-hydrogen) atoms. The molecule has 1 aromatic carbocycles. The predicted molar refractivity (Wildman–Crippen MR) is 152 cm³/mol. The first-order valence-electron chi connectivity index (χ1n) is 14.9. The molecule has 2 saturated heterocycles. The summed E-state index contributed by atoms with van der Waals surface area (Å²) in [5.74, 6) is -0.690. The number of rotatable bonds is 12. The summed E-state index contributed by atoms with van der Waals surface area (Å²) in [5, 5.41) is 14.8. The summed E-state index contributed by atoms with van der Waals surface area (Å²) in [5.41, 5.74) is 1.55. The number of amides is 3. The molecule has 3 N–H and O–H groups in total. The van der Waals surface area contributed by atoms with Crippen LogP contribution in [-0.4, -0.2) is 70.6 Å². The summed E-state index contributed by atoms with van der Waals surface area (Å²) in [6, 6.07) is 6.80. The molecule has 0 saturated carbocycles. The van der Waals surface area contributed by atoms with Crippen molar-refractivity contribution in [2.45, 2.75) is 122 Å². The van der Waals surface area contributed by atoms with Gasteiger partial charge in [0.1, 0.15) is 17.7 Å². The summed E-state index contributed by atoms with van der Waals surface area (Å²) in [6.45, 7) is 6.13. The second kappa shape index (κ2) is 15.2. The van der Waals surface area contributed by atoms with Gasteiger partial charge in [-0.1, -0.05) is 37.1 Å². The topological polar surface area (TPSA) is 125 Å². The largest absolute Gasteiger partial charge is 0.460 e. The highest BCUT2D eigenvalue weighted by molar-refractivity contribution is 5.93. The number of carbonyl (C=O) groups excluding carboxylic acids is 4. The lowest BCUT2D eigenvalue weighted by Gasteiger charge is -2.35. The number of nitrogens with zero attached hydrogens (tertiary/aromatic N) is 1. The maximum Gasteiger partial charge on any atom is 0.306 e. The van der Waals surface area contributed by atoms with Crippen molar-refractivity contribution in [1.82, 2.24) is 15.5 Å². The van der Waals surface area contributed by atoms with Gasteiger partial charge in [-0.05, 0) is 83.3 Å². The minimum absolute atomic E-state index is 0.0363. The zero-order valence-corrected chi connectivity index (χ0v) is 24.4. The fourth-order valence-electron chi connectivity index (χ4n) is 5.53. The lowest BCUT2D eigenvalue weighted by molar-refractivity contribution is -0.154. The van der Waals surface area contributed by atoms with Crippen LogP contribution >= 0.6 is 0 Å². The molecular formula is C31H47N3O6. The monoisotopic (exact) mass is 557 g/mol. The van der Waals surface area contributed by atoms with Crippen LogP contribution in [0.1, 0.15) is 96.1 Å². The fraction of sp³-hybridized carbons (Fsp3) is 0.677. The van der Waals surface area contributed by atoms with Gasteiger partial charge in [0.2, 0.25) is 17.7 Å². The van der Waals surface area contributed by atoms with E-state index in [0.717, 1.165) is 36.8 Å². The average Bonchev–Trinajstić information content (AvgIpc) is 3.32. The number of nitrogens with one attached hydrogen (secondary N) is 2. The quantitative estimate of drug-likeness (QED) is 0.268. The van der Waals surface area contributed by atoms with Gasteiger partial charge < -0.3 is 25.4 Å². The third kappa shape index (κ3) is 9.91. The SMILES string of the molecule is CC(C)(C)OC(=O)CCc1ccc(CCC(=O)NC2CCCCC3CCC(C(=O)NCCCCO)N3C2=O)cc1. The maximum atomic E-state index is 13.6. The Morgan fingerprint density at radius 2 is 1.60 bits per heavy atom. The fourth-order valence-corrected chi connectivity index (χ4v) is 5.53. The van der Waals surface area contributed by atoms with Crippen LogP contribution in [0.4, 0.5) is 0 Å². The summed E-state index contributed by atoms with van der Waals surface area (Å²) in [6.07, 6.45) is 7.77. The molecule has 3 rings (SSSR count). The molecule has 0 radical (unpaired) electrons. The number of hydrogen-bond acceptors (Lipinski definition) is 6. The second-order valence-corrected chi connectivity index (χ2v) is 12.0. The van der Waals surface area contributed by atoms with Gasteiger partial charge in [-0.25, -0.2) is 0 Å². The third-order valence-corrected chi connectivity index (χ3v) is 7.56. The van der Waals surface area contributed by atoms with Gasteiger partial charge in [0.25, 0.3) is 0 Å². The Hall–Kier alpha value is -2.94. The van der Waals surface area contributed by atoms with E-state index >= 15 is 0 Å². The van der Waals surface area contributed by atoms with Crippen LogP contribution in [-0.2, 0) is 36.8 Å². The van der Waals surface area contributed by atoms with E-state index in [2.05, 4.69) is 10.6 Å². The number of benzene rings is 1. The number of aliphatic hydroxyl groups is 1. The van der Waals surface area contributed by atoms with Crippen molar-refractivity contribution < 1.29 is 29.0 Å². The van der Waals surface area contributed by atoms with Crippen molar-refractivity contribution in [3.63, 3.8) is 0 Å². The molecule has 2 aliphatic heterocycles. The van der Waals surface area contributed by atoms with E-state index in [4.69, 9.17) is 9.84 Å². The number of esters is 1. The van der Waals surface area contributed by atoms with Gasteiger partial charge in [-0.15, -0.1) is 0 Å². The van der Waals surface area contributed by atoms with Crippen molar-refractivity contribution in [1.29, 1.82) is 0 Å². The lowest BCUT2D eigenvalue weighted by atomic mass is 9.98. The van der Waals surface area contributed by atoms with E-state index < -0.39 is 17.7 Å². The van der Waals surface area contributed by atoms with Gasteiger partial charge in [0, 0.05) is 32.0 Å². The Morgan fingerprint density at radius 1 is 0.950 bits per heavy atom. The third-order valence-electron chi connectivity index (χ3n) is 7.56. The normalized spacial score (nSPS) is 21.2. The molecule has 222 valence electrons. The van der Waals surface area contributed by atoms with E-state index in [1.165, 1.54) is 0 Å². The van der Waals surface area contributed by atoms with Crippen LogP contribution < -0.4 is 10.6 Å². The van der Waals surface area contributed by atoms with Gasteiger partial charge >= 0.3 is 5.97 Å². The highest BCUT2D eigenvalue weighted by Gasteiger charge is 2.43. The highest BCUT2D eigenvalue weighted by Crippen LogP contribution is 2.31. The summed E-state index contributed by atoms with van der Waals surface area (Å²) in [4.78, 5) is 53.0.